The fraction of sp³-hybridized carbons (Fsp3) is 0.700. The van der Waals surface area contributed by atoms with Crippen LogP contribution in [0.3, 0.4) is 0 Å². The van der Waals surface area contributed by atoms with E-state index in [4.69, 9.17) is 0 Å². The lowest BCUT2D eigenvalue weighted by molar-refractivity contribution is -0.0483. The van der Waals surface area contributed by atoms with Gasteiger partial charge in [-0.05, 0) is 78.6 Å². The van der Waals surface area contributed by atoms with E-state index in [0.29, 0.717) is 0 Å². The highest BCUT2D eigenvalue weighted by atomic mass is 16.3. The Morgan fingerprint density at radius 3 is 2.00 bits per heavy atom. The number of aliphatic hydroxyl groups is 2. The first-order valence-corrected chi connectivity index (χ1v) is 8.65. The first-order valence-electron chi connectivity index (χ1n) is 8.65. The summed E-state index contributed by atoms with van der Waals surface area (Å²) in [5, 5.41) is 19.9. The van der Waals surface area contributed by atoms with Crippen molar-refractivity contribution in [1.29, 1.82) is 0 Å². The van der Waals surface area contributed by atoms with E-state index >= 15 is 0 Å². The monoisotopic (exact) mass is 306 g/mol. The minimum atomic E-state index is -0.995. The van der Waals surface area contributed by atoms with E-state index in [1.165, 1.54) is 16.7 Å². The quantitative estimate of drug-likeness (QED) is 0.710. The maximum absolute atomic E-state index is 10.5. The molecular weight excluding hydrogens is 272 g/mol. The number of aliphatic hydroxyl groups excluding tert-OH is 1. The summed E-state index contributed by atoms with van der Waals surface area (Å²) >= 11 is 0. The van der Waals surface area contributed by atoms with Gasteiger partial charge in [-0.25, -0.2) is 0 Å². The van der Waals surface area contributed by atoms with Gasteiger partial charge < -0.3 is 10.2 Å². The summed E-state index contributed by atoms with van der Waals surface area (Å²) in [6, 6.07) is 0. The summed E-state index contributed by atoms with van der Waals surface area (Å²) in [6.45, 7) is 8.16. The molecular formula is C20H34O2. The molecule has 0 amide bonds. The van der Waals surface area contributed by atoms with E-state index in [1.54, 1.807) is 6.92 Å². The molecule has 1 aliphatic rings. The molecule has 0 spiro atoms. The Kier molecular flexibility index (Phi) is 8.13. The van der Waals surface area contributed by atoms with E-state index in [9.17, 15) is 10.2 Å². The van der Waals surface area contributed by atoms with Gasteiger partial charge >= 0.3 is 0 Å². The molecule has 126 valence electrons. The van der Waals surface area contributed by atoms with E-state index in [2.05, 4.69) is 39.0 Å². The Hall–Kier alpha value is -0.860. The van der Waals surface area contributed by atoms with Gasteiger partial charge in [0.05, 0.1) is 12.2 Å². The molecule has 1 rings (SSSR count). The Bertz CT molecular complexity index is 427. The Labute approximate surface area is 136 Å². The normalized spacial score (nSPS) is 32.5. The molecule has 0 aromatic carbocycles. The fourth-order valence-corrected chi connectivity index (χ4v) is 2.96. The second-order valence-corrected chi connectivity index (χ2v) is 7.22. The molecule has 0 fully saturated rings. The molecule has 0 unspecified atom stereocenters. The van der Waals surface area contributed by atoms with Crippen LogP contribution in [0.1, 0.15) is 72.6 Å². The number of rotatable bonds is 2. The van der Waals surface area contributed by atoms with Crippen molar-refractivity contribution in [2.75, 3.05) is 6.61 Å². The molecule has 0 aromatic heterocycles. The SMILES string of the molecule is C/C1=C\CC/C(C)=C/C[C@H]([C@@](C)(O)CO)CC/C(C)=C/CC1. The van der Waals surface area contributed by atoms with Crippen LogP contribution < -0.4 is 0 Å². The second kappa shape index (κ2) is 9.32. The second-order valence-electron chi connectivity index (χ2n) is 7.22. The molecule has 0 aliphatic heterocycles. The molecule has 0 saturated carbocycles. The van der Waals surface area contributed by atoms with Gasteiger partial charge in [0, 0.05) is 0 Å². The maximum Gasteiger partial charge on any atom is 0.0880 e. The Morgan fingerprint density at radius 2 is 1.45 bits per heavy atom. The van der Waals surface area contributed by atoms with Crippen molar-refractivity contribution in [3.63, 3.8) is 0 Å². The molecule has 0 heterocycles. The third kappa shape index (κ3) is 6.93. The van der Waals surface area contributed by atoms with Gasteiger partial charge in [0.15, 0.2) is 0 Å². The summed E-state index contributed by atoms with van der Waals surface area (Å²) in [5.41, 5.74) is 3.26. The first kappa shape index (κ1) is 19.2. The molecule has 0 saturated heterocycles. The zero-order valence-corrected chi connectivity index (χ0v) is 14.9. The van der Waals surface area contributed by atoms with Gasteiger partial charge in [-0.3, -0.25) is 0 Å². The van der Waals surface area contributed by atoms with Crippen molar-refractivity contribution in [3.05, 3.63) is 34.9 Å². The molecule has 0 bridgehead atoms. The van der Waals surface area contributed by atoms with E-state index in [-0.39, 0.29) is 12.5 Å². The Balaban J connectivity index is 2.87. The lowest BCUT2D eigenvalue weighted by Gasteiger charge is -2.31. The summed E-state index contributed by atoms with van der Waals surface area (Å²) in [7, 11) is 0. The molecule has 2 nitrogen and oxygen atoms in total. The Morgan fingerprint density at radius 1 is 0.955 bits per heavy atom. The van der Waals surface area contributed by atoms with Crippen molar-refractivity contribution in [2.45, 2.75) is 78.2 Å². The van der Waals surface area contributed by atoms with Crippen LogP contribution in [0.25, 0.3) is 0 Å². The highest BCUT2D eigenvalue weighted by molar-refractivity contribution is 5.08. The molecule has 2 atom stereocenters. The topological polar surface area (TPSA) is 40.5 Å². The standard InChI is InChI=1S/C20H34O2/c1-16-7-5-9-17(2)11-13-19(20(4,22)15-21)14-12-18(3)10-6-8-16/h7,10-11,19,21-22H,5-6,8-9,12-15H2,1-4H3/b16-7+,17-11+,18-10+/t19-,20-/m0/s1. The van der Waals surface area contributed by atoms with Gasteiger partial charge in [0.2, 0.25) is 0 Å². The van der Waals surface area contributed by atoms with Gasteiger partial charge in [-0.2, -0.15) is 0 Å². The van der Waals surface area contributed by atoms with Gasteiger partial charge in [-0.15, -0.1) is 0 Å². The maximum atomic E-state index is 10.5. The third-order valence-corrected chi connectivity index (χ3v) is 4.90. The van der Waals surface area contributed by atoms with E-state index < -0.39 is 5.60 Å². The highest BCUT2D eigenvalue weighted by Crippen LogP contribution is 2.28. The predicted octanol–water partition coefficient (Wildman–Crippen LogP) is 4.93. The molecule has 2 heteroatoms. The number of allylic oxidation sites excluding steroid dienone is 6. The van der Waals surface area contributed by atoms with Crippen LogP contribution in [0.5, 0.6) is 0 Å². The summed E-state index contributed by atoms with van der Waals surface area (Å²) in [5.74, 6) is 0.107. The van der Waals surface area contributed by atoms with Crippen LogP contribution in [-0.2, 0) is 0 Å². The zero-order chi connectivity index (χ0) is 16.6. The average Bonchev–Trinajstić information content (AvgIpc) is 2.46. The van der Waals surface area contributed by atoms with Gasteiger partial charge in [0.1, 0.15) is 0 Å². The molecule has 22 heavy (non-hydrogen) atoms. The molecule has 2 N–H and O–H groups in total. The summed E-state index contributed by atoms with van der Waals surface area (Å²) in [6.07, 6.45) is 14.1. The lowest BCUT2D eigenvalue weighted by atomic mass is 9.82. The van der Waals surface area contributed by atoms with Crippen molar-refractivity contribution < 1.29 is 10.2 Å². The largest absolute Gasteiger partial charge is 0.393 e. The van der Waals surface area contributed by atoms with Crippen LogP contribution in [0, 0.1) is 5.92 Å². The summed E-state index contributed by atoms with van der Waals surface area (Å²) < 4.78 is 0. The predicted molar refractivity (Wildman–Crippen MR) is 94.8 cm³/mol. The van der Waals surface area contributed by atoms with Crippen LogP contribution in [0.15, 0.2) is 34.9 Å². The first-order chi connectivity index (χ1) is 10.3. The highest BCUT2D eigenvalue weighted by Gasteiger charge is 2.30. The van der Waals surface area contributed by atoms with E-state index in [1.807, 2.05) is 0 Å². The van der Waals surface area contributed by atoms with Crippen LogP contribution >= 0.6 is 0 Å². The smallest absolute Gasteiger partial charge is 0.0880 e. The van der Waals surface area contributed by atoms with Crippen molar-refractivity contribution in [2.24, 2.45) is 5.92 Å². The zero-order valence-electron chi connectivity index (χ0n) is 14.9. The minimum Gasteiger partial charge on any atom is -0.393 e. The van der Waals surface area contributed by atoms with Crippen LogP contribution in [-0.4, -0.2) is 22.4 Å². The van der Waals surface area contributed by atoms with Crippen LogP contribution in [0.4, 0.5) is 0 Å². The molecule has 1 aliphatic carbocycles. The average molecular weight is 306 g/mol. The van der Waals surface area contributed by atoms with Crippen molar-refractivity contribution in [1.82, 2.24) is 0 Å². The number of hydrogen-bond donors (Lipinski definition) is 2. The summed E-state index contributed by atoms with van der Waals surface area (Å²) in [4.78, 5) is 0. The molecule has 0 aromatic rings. The fourth-order valence-electron chi connectivity index (χ4n) is 2.96. The van der Waals surface area contributed by atoms with E-state index in [0.717, 1.165) is 44.9 Å². The van der Waals surface area contributed by atoms with Crippen molar-refractivity contribution in [3.8, 4) is 0 Å². The number of hydrogen-bond acceptors (Lipinski definition) is 2. The minimum absolute atomic E-state index is 0.107. The molecule has 0 radical (unpaired) electrons. The van der Waals surface area contributed by atoms with Gasteiger partial charge in [0.25, 0.3) is 0 Å². The van der Waals surface area contributed by atoms with Crippen LogP contribution in [0.2, 0.25) is 0 Å². The third-order valence-electron chi connectivity index (χ3n) is 4.90. The van der Waals surface area contributed by atoms with Gasteiger partial charge in [-0.1, -0.05) is 34.9 Å². The lowest BCUT2D eigenvalue weighted by Crippen LogP contribution is -2.38. The van der Waals surface area contributed by atoms with Crippen molar-refractivity contribution >= 4 is 0 Å².